The molecule has 0 radical (unpaired) electrons. The van der Waals surface area contributed by atoms with E-state index in [0.29, 0.717) is 22.3 Å². The minimum Gasteiger partial charge on any atom is -0.497 e. The van der Waals surface area contributed by atoms with Gasteiger partial charge in [0.2, 0.25) is 0 Å². The molecule has 1 aromatic carbocycles. The van der Waals surface area contributed by atoms with Crippen molar-refractivity contribution in [3.63, 3.8) is 0 Å². The molecule has 1 heterocycles. The number of rotatable bonds is 5. The van der Waals surface area contributed by atoms with Crippen LogP contribution in [0.1, 0.15) is 22.2 Å². The second-order valence-electron chi connectivity index (χ2n) is 4.27. The van der Waals surface area contributed by atoms with E-state index in [1.54, 1.807) is 24.1 Å². The van der Waals surface area contributed by atoms with Gasteiger partial charge >= 0.3 is 0 Å². The van der Waals surface area contributed by atoms with Gasteiger partial charge in [-0.1, -0.05) is 23.7 Å². The van der Waals surface area contributed by atoms with Crippen LogP contribution in [0.25, 0.3) is 0 Å². The van der Waals surface area contributed by atoms with Crippen LogP contribution < -0.4 is 4.74 Å². The molecule has 0 spiro atoms. The van der Waals surface area contributed by atoms with Crippen LogP contribution in [-0.4, -0.2) is 24.5 Å². The highest BCUT2D eigenvalue weighted by molar-refractivity contribution is 7.17. The summed E-state index contributed by atoms with van der Waals surface area (Å²) in [7, 11) is 1.64. The molecule has 1 aromatic heterocycles. The zero-order valence-corrected chi connectivity index (χ0v) is 13.0. The zero-order valence-electron chi connectivity index (χ0n) is 11.4. The number of ether oxygens (including phenoxy) is 1. The summed E-state index contributed by atoms with van der Waals surface area (Å²) in [5, 5.41) is 0. The van der Waals surface area contributed by atoms with Gasteiger partial charge in [-0.05, 0) is 36.8 Å². The maximum absolute atomic E-state index is 12.4. The summed E-state index contributed by atoms with van der Waals surface area (Å²) in [4.78, 5) is 14.8. The lowest BCUT2D eigenvalue weighted by Crippen LogP contribution is -2.29. The molecule has 0 saturated carbocycles. The number of methoxy groups -OCH3 is 1. The van der Waals surface area contributed by atoms with Crippen LogP contribution in [0.2, 0.25) is 4.34 Å². The predicted octanol–water partition coefficient (Wildman–Crippen LogP) is 4.07. The normalized spacial score (nSPS) is 10.3. The van der Waals surface area contributed by atoms with E-state index in [0.717, 1.165) is 11.3 Å². The van der Waals surface area contributed by atoms with Crippen molar-refractivity contribution in [2.24, 2.45) is 0 Å². The Morgan fingerprint density at radius 3 is 2.45 bits per heavy atom. The summed E-state index contributed by atoms with van der Waals surface area (Å²) in [5.41, 5.74) is 1.07. The molecule has 0 aliphatic rings. The predicted molar refractivity (Wildman–Crippen MR) is 82.7 cm³/mol. The summed E-state index contributed by atoms with van der Waals surface area (Å²) in [6, 6.07) is 11.3. The second kappa shape index (κ2) is 6.77. The number of benzene rings is 1. The Bertz CT molecular complexity index is 580. The van der Waals surface area contributed by atoms with E-state index in [1.165, 1.54) is 11.3 Å². The van der Waals surface area contributed by atoms with E-state index in [1.807, 2.05) is 31.2 Å². The topological polar surface area (TPSA) is 29.5 Å². The third-order valence-electron chi connectivity index (χ3n) is 2.99. The van der Waals surface area contributed by atoms with Crippen molar-refractivity contribution < 1.29 is 9.53 Å². The van der Waals surface area contributed by atoms with Crippen molar-refractivity contribution in [2.45, 2.75) is 13.5 Å². The van der Waals surface area contributed by atoms with E-state index >= 15 is 0 Å². The number of amides is 1. The second-order valence-corrected chi connectivity index (χ2v) is 5.99. The van der Waals surface area contributed by atoms with Crippen LogP contribution in [0, 0.1) is 0 Å². The third kappa shape index (κ3) is 3.52. The average Bonchev–Trinajstić information content (AvgIpc) is 2.91. The summed E-state index contributed by atoms with van der Waals surface area (Å²) >= 11 is 7.19. The fourth-order valence-electron chi connectivity index (χ4n) is 1.86. The van der Waals surface area contributed by atoms with Gasteiger partial charge in [0.15, 0.2) is 0 Å². The Balaban J connectivity index is 2.09. The Morgan fingerprint density at radius 2 is 1.95 bits per heavy atom. The van der Waals surface area contributed by atoms with E-state index in [-0.39, 0.29) is 5.91 Å². The number of halogens is 1. The number of thiophene rings is 1. The first kappa shape index (κ1) is 14.9. The Morgan fingerprint density at radius 1 is 1.25 bits per heavy atom. The number of hydrogen-bond donors (Lipinski definition) is 0. The van der Waals surface area contributed by atoms with Crippen molar-refractivity contribution in [3.05, 3.63) is 51.2 Å². The molecule has 1 amide bonds. The molecule has 3 nitrogen and oxygen atoms in total. The van der Waals surface area contributed by atoms with Crippen molar-refractivity contribution in [1.29, 1.82) is 0 Å². The summed E-state index contributed by atoms with van der Waals surface area (Å²) in [5.74, 6) is 0.827. The molecule has 0 unspecified atom stereocenters. The molecule has 20 heavy (non-hydrogen) atoms. The average molecular weight is 310 g/mol. The molecule has 5 heteroatoms. The van der Waals surface area contributed by atoms with Crippen molar-refractivity contribution in [1.82, 2.24) is 4.90 Å². The third-order valence-corrected chi connectivity index (χ3v) is 4.20. The molecule has 0 N–H and O–H groups in total. The molecule has 0 bridgehead atoms. The van der Waals surface area contributed by atoms with E-state index in [9.17, 15) is 4.79 Å². The largest absolute Gasteiger partial charge is 0.497 e. The highest BCUT2D eigenvalue weighted by Crippen LogP contribution is 2.23. The number of carbonyl (C=O) groups is 1. The minimum atomic E-state index is 0.0141. The highest BCUT2D eigenvalue weighted by atomic mass is 35.5. The summed E-state index contributed by atoms with van der Waals surface area (Å²) < 4.78 is 5.76. The lowest BCUT2D eigenvalue weighted by atomic mass is 10.2. The summed E-state index contributed by atoms with van der Waals surface area (Å²) in [6.45, 7) is 3.20. The van der Waals surface area contributed by atoms with Gasteiger partial charge in [-0.15, -0.1) is 11.3 Å². The van der Waals surface area contributed by atoms with E-state index in [4.69, 9.17) is 16.3 Å². The monoisotopic (exact) mass is 309 g/mol. The van der Waals surface area contributed by atoms with E-state index < -0.39 is 0 Å². The fourth-order valence-corrected chi connectivity index (χ4v) is 2.87. The van der Waals surface area contributed by atoms with Gasteiger partial charge in [-0.25, -0.2) is 0 Å². The fraction of sp³-hybridized carbons (Fsp3) is 0.267. The van der Waals surface area contributed by atoms with Crippen LogP contribution in [-0.2, 0) is 6.54 Å². The van der Waals surface area contributed by atoms with Crippen molar-refractivity contribution in [2.75, 3.05) is 13.7 Å². The van der Waals surface area contributed by atoms with Gasteiger partial charge in [0.1, 0.15) is 5.75 Å². The van der Waals surface area contributed by atoms with Gasteiger partial charge < -0.3 is 9.64 Å². The first-order valence-corrected chi connectivity index (χ1v) is 7.51. The summed E-state index contributed by atoms with van der Waals surface area (Å²) in [6.07, 6.45) is 0. The number of carbonyl (C=O) groups excluding carboxylic acids is 1. The maximum atomic E-state index is 12.4. The minimum absolute atomic E-state index is 0.0141. The number of hydrogen-bond acceptors (Lipinski definition) is 3. The first-order chi connectivity index (χ1) is 9.63. The maximum Gasteiger partial charge on any atom is 0.264 e. The van der Waals surface area contributed by atoms with Crippen LogP contribution in [0.3, 0.4) is 0 Å². The highest BCUT2D eigenvalue weighted by Gasteiger charge is 2.16. The lowest BCUT2D eigenvalue weighted by molar-refractivity contribution is 0.0757. The Labute approximate surface area is 127 Å². The Kier molecular flexibility index (Phi) is 5.04. The van der Waals surface area contributed by atoms with Crippen LogP contribution in [0.5, 0.6) is 5.75 Å². The molecular weight excluding hydrogens is 294 g/mol. The molecular formula is C15H16ClNO2S. The zero-order chi connectivity index (χ0) is 14.5. The van der Waals surface area contributed by atoms with Gasteiger partial charge in [0.25, 0.3) is 5.91 Å². The van der Waals surface area contributed by atoms with Gasteiger partial charge in [-0.3, -0.25) is 4.79 Å². The molecule has 0 aliphatic carbocycles. The molecule has 0 saturated heterocycles. The standard InChI is InChI=1S/C15H16ClNO2S/c1-3-17(15(18)13-8-9-14(16)20-13)10-11-4-6-12(19-2)7-5-11/h4-9H,3,10H2,1-2H3. The number of nitrogens with zero attached hydrogens (tertiary/aromatic N) is 1. The van der Waals surface area contributed by atoms with Crippen molar-refractivity contribution >= 4 is 28.8 Å². The quantitative estimate of drug-likeness (QED) is 0.833. The lowest BCUT2D eigenvalue weighted by Gasteiger charge is -2.20. The van der Waals surface area contributed by atoms with E-state index in [2.05, 4.69) is 0 Å². The smallest absolute Gasteiger partial charge is 0.264 e. The molecule has 2 rings (SSSR count). The molecule has 0 atom stereocenters. The van der Waals surface area contributed by atoms with Crippen LogP contribution in [0.15, 0.2) is 36.4 Å². The van der Waals surface area contributed by atoms with Crippen LogP contribution in [0.4, 0.5) is 0 Å². The Hall–Kier alpha value is -1.52. The van der Waals surface area contributed by atoms with Gasteiger partial charge in [0, 0.05) is 13.1 Å². The molecule has 0 fully saturated rings. The van der Waals surface area contributed by atoms with Crippen molar-refractivity contribution in [3.8, 4) is 5.75 Å². The molecule has 0 aliphatic heterocycles. The molecule has 106 valence electrons. The SMILES string of the molecule is CCN(Cc1ccc(OC)cc1)C(=O)c1ccc(Cl)s1. The first-order valence-electron chi connectivity index (χ1n) is 6.31. The van der Waals surface area contributed by atoms with Gasteiger partial charge in [0.05, 0.1) is 16.3 Å². The van der Waals surface area contributed by atoms with Crippen LogP contribution >= 0.6 is 22.9 Å². The molecule has 2 aromatic rings. The van der Waals surface area contributed by atoms with Gasteiger partial charge in [-0.2, -0.15) is 0 Å².